The monoisotopic (exact) mass is 234 g/mol. The van der Waals surface area contributed by atoms with Gasteiger partial charge in [0.05, 0.1) is 12.4 Å². The van der Waals surface area contributed by atoms with E-state index in [-0.39, 0.29) is 11.1 Å². The van der Waals surface area contributed by atoms with Gasteiger partial charge in [0.2, 0.25) is 0 Å². The van der Waals surface area contributed by atoms with Crippen molar-refractivity contribution in [3.05, 3.63) is 47.6 Å². The maximum Gasteiger partial charge on any atom is 0.275 e. The van der Waals surface area contributed by atoms with Gasteiger partial charge in [0, 0.05) is 6.20 Å². The van der Waals surface area contributed by atoms with Crippen molar-refractivity contribution in [2.24, 2.45) is 0 Å². The van der Waals surface area contributed by atoms with Crippen LogP contribution in [0.4, 0.5) is 5.82 Å². The molecule has 1 amide bonds. The molecule has 0 fully saturated rings. The smallest absolute Gasteiger partial charge is 0.275 e. The molecular weight excluding hydrogens is 228 g/mol. The predicted octanol–water partition coefficient (Wildman–Crippen LogP) is 1.78. The van der Waals surface area contributed by atoms with Crippen LogP contribution in [-0.4, -0.2) is 20.9 Å². The van der Waals surface area contributed by atoms with Crippen molar-refractivity contribution in [3.8, 4) is 0 Å². The second-order valence-electron chi connectivity index (χ2n) is 2.89. The van der Waals surface area contributed by atoms with E-state index in [9.17, 15) is 4.79 Å². The number of carbonyl (C=O) groups excluding carboxylic acids is 1. The molecule has 6 heteroatoms. The van der Waals surface area contributed by atoms with E-state index < -0.39 is 0 Å². The van der Waals surface area contributed by atoms with Crippen LogP contribution < -0.4 is 5.32 Å². The van der Waals surface area contributed by atoms with E-state index in [4.69, 9.17) is 11.6 Å². The van der Waals surface area contributed by atoms with Crippen LogP contribution in [0, 0.1) is 0 Å². The minimum absolute atomic E-state index is 0.274. The largest absolute Gasteiger partial charge is 0.304 e. The second kappa shape index (κ2) is 4.67. The number of halogens is 1. The quantitative estimate of drug-likeness (QED) is 0.860. The van der Waals surface area contributed by atoms with Crippen molar-refractivity contribution in [3.63, 3.8) is 0 Å². The van der Waals surface area contributed by atoms with Crippen LogP contribution in [0.1, 0.15) is 10.5 Å². The molecule has 0 aliphatic carbocycles. The zero-order valence-corrected chi connectivity index (χ0v) is 8.85. The molecular formula is C10H7ClN4O. The zero-order valence-electron chi connectivity index (χ0n) is 8.09. The van der Waals surface area contributed by atoms with Crippen LogP contribution in [-0.2, 0) is 0 Å². The molecule has 0 radical (unpaired) electrons. The van der Waals surface area contributed by atoms with Gasteiger partial charge in [-0.05, 0) is 12.1 Å². The van der Waals surface area contributed by atoms with Crippen LogP contribution in [0.15, 0.2) is 36.8 Å². The minimum Gasteiger partial charge on any atom is -0.304 e. The number of amides is 1. The predicted molar refractivity (Wildman–Crippen MR) is 59.2 cm³/mol. The fourth-order valence-electron chi connectivity index (χ4n) is 1.05. The van der Waals surface area contributed by atoms with Gasteiger partial charge in [0.1, 0.15) is 10.8 Å². The fourth-order valence-corrected chi connectivity index (χ4v) is 1.15. The lowest BCUT2D eigenvalue weighted by atomic mass is 10.3. The zero-order chi connectivity index (χ0) is 11.4. The van der Waals surface area contributed by atoms with Crippen LogP contribution in [0.2, 0.25) is 5.15 Å². The summed E-state index contributed by atoms with van der Waals surface area (Å²) >= 11 is 5.57. The van der Waals surface area contributed by atoms with Crippen molar-refractivity contribution >= 4 is 23.3 Å². The van der Waals surface area contributed by atoms with E-state index in [1.807, 2.05) is 0 Å². The molecule has 2 aromatic heterocycles. The molecule has 0 spiro atoms. The van der Waals surface area contributed by atoms with E-state index in [0.717, 1.165) is 0 Å². The summed E-state index contributed by atoms with van der Waals surface area (Å²) in [6, 6.07) is 5.08. The summed E-state index contributed by atoms with van der Waals surface area (Å²) < 4.78 is 0. The Labute approximate surface area is 96.5 Å². The molecule has 2 rings (SSSR count). The minimum atomic E-state index is -0.336. The molecule has 0 aromatic carbocycles. The Morgan fingerprint density at radius 2 is 2.06 bits per heavy atom. The molecule has 0 saturated heterocycles. The van der Waals surface area contributed by atoms with Gasteiger partial charge in [-0.25, -0.2) is 9.97 Å². The van der Waals surface area contributed by atoms with Crippen molar-refractivity contribution in [1.29, 1.82) is 0 Å². The molecule has 0 bridgehead atoms. The Morgan fingerprint density at radius 1 is 1.19 bits per heavy atom. The Kier molecular flexibility index (Phi) is 3.07. The van der Waals surface area contributed by atoms with Gasteiger partial charge in [0.25, 0.3) is 5.91 Å². The van der Waals surface area contributed by atoms with E-state index >= 15 is 0 Å². The number of carbonyl (C=O) groups is 1. The molecule has 16 heavy (non-hydrogen) atoms. The van der Waals surface area contributed by atoms with Gasteiger partial charge in [0.15, 0.2) is 5.82 Å². The fraction of sp³-hybridized carbons (Fsp3) is 0. The molecule has 80 valence electrons. The maximum absolute atomic E-state index is 11.6. The SMILES string of the molecule is O=C(Nc1cnc(Cl)cn1)c1ccccn1. The van der Waals surface area contributed by atoms with Crippen molar-refractivity contribution in [2.45, 2.75) is 0 Å². The highest BCUT2D eigenvalue weighted by Gasteiger charge is 2.07. The Balaban J connectivity index is 2.11. The van der Waals surface area contributed by atoms with Crippen LogP contribution in [0.5, 0.6) is 0 Å². The summed E-state index contributed by atoms with van der Waals surface area (Å²) in [5.41, 5.74) is 0.319. The molecule has 0 unspecified atom stereocenters. The molecule has 1 N–H and O–H groups in total. The Morgan fingerprint density at radius 3 is 2.69 bits per heavy atom. The number of rotatable bonds is 2. The van der Waals surface area contributed by atoms with Gasteiger partial charge >= 0.3 is 0 Å². The molecule has 0 saturated carbocycles. The highest BCUT2D eigenvalue weighted by molar-refractivity contribution is 6.29. The van der Waals surface area contributed by atoms with Crippen molar-refractivity contribution in [2.75, 3.05) is 5.32 Å². The van der Waals surface area contributed by atoms with E-state index in [0.29, 0.717) is 11.5 Å². The number of nitrogens with zero attached hydrogens (tertiary/aromatic N) is 3. The summed E-state index contributed by atoms with van der Waals surface area (Å²) in [5, 5.41) is 2.83. The van der Waals surface area contributed by atoms with E-state index in [2.05, 4.69) is 20.3 Å². The summed E-state index contributed by atoms with van der Waals surface area (Å²) in [4.78, 5) is 23.2. The molecule has 2 aromatic rings. The lowest BCUT2D eigenvalue weighted by Gasteiger charge is -2.02. The number of anilines is 1. The summed E-state index contributed by atoms with van der Waals surface area (Å²) in [6.45, 7) is 0. The lowest BCUT2D eigenvalue weighted by molar-refractivity contribution is 0.102. The normalized spacial score (nSPS) is 9.81. The van der Waals surface area contributed by atoms with Gasteiger partial charge in [-0.2, -0.15) is 0 Å². The first-order valence-electron chi connectivity index (χ1n) is 4.45. The summed E-state index contributed by atoms with van der Waals surface area (Å²) in [5.74, 6) is -0.00252. The highest BCUT2D eigenvalue weighted by atomic mass is 35.5. The first kappa shape index (κ1) is 10.5. The molecule has 0 aliphatic rings. The highest BCUT2D eigenvalue weighted by Crippen LogP contribution is 2.06. The van der Waals surface area contributed by atoms with Crippen LogP contribution >= 0.6 is 11.6 Å². The third-order valence-corrected chi connectivity index (χ3v) is 1.95. The maximum atomic E-state index is 11.6. The second-order valence-corrected chi connectivity index (χ2v) is 3.28. The number of hydrogen-bond acceptors (Lipinski definition) is 4. The number of pyridine rings is 1. The first-order chi connectivity index (χ1) is 7.75. The van der Waals surface area contributed by atoms with Crippen molar-refractivity contribution < 1.29 is 4.79 Å². The van der Waals surface area contributed by atoms with Gasteiger partial charge < -0.3 is 5.32 Å². The Hall–Kier alpha value is -2.01. The number of nitrogens with one attached hydrogen (secondary N) is 1. The number of hydrogen-bond donors (Lipinski definition) is 1. The lowest BCUT2D eigenvalue weighted by Crippen LogP contribution is -2.14. The molecule has 0 atom stereocenters. The van der Waals surface area contributed by atoms with Gasteiger partial charge in [-0.15, -0.1) is 0 Å². The van der Waals surface area contributed by atoms with Gasteiger partial charge in [-0.3, -0.25) is 9.78 Å². The topological polar surface area (TPSA) is 67.8 Å². The van der Waals surface area contributed by atoms with Crippen LogP contribution in [0.3, 0.4) is 0 Å². The van der Waals surface area contributed by atoms with Crippen LogP contribution in [0.25, 0.3) is 0 Å². The third kappa shape index (κ3) is 2.52. The van der Waals surface area contributed by atoms with Gasteiger partial charge in [-0.1, -0.05) is 17.7 Å². The summed E-state index contributed by atoms with van der Waals surface area (Å²) in [7, 11) is 0. The van der Waals surface area contributed by atoms with E-state index in [1.165, 1.54) is 12.4 Å². The van der Waals surface area contributed by atoms with Crippen molar-refractivity contribution in [1.82, 2.24) is 15.0 Å². The Bertz CT molecular complexity index is 486. The first-order valence-corrected chi connectivity index (χ1v) is 4.83. The molecule has 5 nitrogen and oxygen atoms in total. The van der Waals surface area contributed by atoms with E-state index in [1.54, 1.807) is 24.4 Å². The summed E-state index contributed by atoms with van der Waals surface area (Å²) in [6.07, 6.45) is 4.28. The third-order valence-electron chi connectivity index (χ3n) is 1.76. The molecule has 2 heterocycles. The average Bonchev–Trinajstić information content (AvgIpc) is 2.33. The average molecular weight is 235 g/mol. The number of aromatic nitrogens is 3. The molecule has 0 aliphatic heterocycles. The standard InChI is InChI=1S/C10H7ClN4O/c11-8-5-14-9(6-13-8)15-10(16)7-3-1-2-4-12-7/h1-6H,(H,14,15,16).